The number of benzene rings is 1. The van der Waals surface area contributed by atoms with Crippen molar-refractivity contribution >= 4 is 11.6 Å². The van der Waals surface area contributed by atoms with Crippen LogP contribution < -0.4 is 4.90 Å². The summed E-state index contributed by atoms with van der Waals surface area (Å²) in [6, 6.07) is 6.12. The van der Waals surface area contributed by atoms with Crippen molar-refractivity contribution < 1.29 is 9.90 Å². The second-order valence-corrected chi connectivity index (χ2v) is 5.98. The molecule has 2 aliphatic rings. The first kappa shape index (κ1) is 12.7. The second kappa shape index (κ2) is 4.64. The lowest BCUT2D eigenvalue weighted by Crippen LogP contribution is -2.37. The third-order valence-electron chi connectivity index (χ3n) is 4.58. The highest BCUT2D eigenvalue weighted by atomic mass is 16.3. The lowest BCUT2D eigenvalue weighted by molar-refractivity contribution is -0.123. The van der Waals surface area contributed by atoms with Crippen molar-refractivity contribution in [3.63, 3.8) is 0 Å². The molecule has 1 aromatic carbocycles. The van der Waals surface area contributed by atoms with Gasteiger partial charge in [-0.25, -0.2) is 0 Å². The average Bonchev–Trinajstić information content (AvgIpc) is 2.96. The Hall–Kier alpha value is -1.35. The van der Waals surface area contributed by atoms with E-state index in [1.165, 1.54) is 11.1 Å². The van der Waals surface area contributed by atoms with Gasteiger partial charge >= 0.3 is 0 Å². The number of hydrogen-bond donors (Lipinski definition) is 1. The van der Waals surface area contributed by atoms with Crippen LogP contribution in [0.25, 0.3) is 0 Å². The maximum absolute atomic E-state index is 12.4. The largest absolute Gasteiger partial charge is 0.389 e. The molecule has 102 valence electrons. The Balaban J connectivity index is 1.78. The van der Waals surface area contributed by atoms with Gasteiger partial charge in [0.05, 0.1) is 12.0 Å². The molecule has 3 heteroatoms. The molecule has 0 bridgehead atoms. The number of rotatable bonds is 2. The molecule has 0 atom stereocenters. The van der Waals surface area contributed by atoms with E-state index in [1.54, 1.807) is 0 Å². The Morgan fingerprint density at radius 2 is 2.11 bits per heavy atom. The molecule has 1 aromatic rings. The number of amides is 1. The maximum atomic E-state index is 12.4. The van der Waals surface area contributed by atoms with Crippen molar-refractivity contribution in [1.82, 2.24) is 0 Å². The number of carbonyl (C=O) groups excluding carboxylic acids is 1. The van der Waals surface area contributed by atoms with Gasteiger partial charge in [0.1, 0.15) is 0 Å². The number of fused-ring (bicyclic) bond motifs is 1. The molecular weight excluding hydrogens is 238 g/mol. The molecule has 0 unspecified atom stereocenters. The highest BCUT2D eigenvalue weighted by Crippen LogP contribution is 2.35. The summed E-state index contributed by atoms with van der Waals surface area (Å²) >= 11 is 0. The van der Waals surface area contributed by atoms with E-state index < -0.39 is 5.60 Å². The summed E-state index contributed by atoms with van der Waals surface area (Å²) in [4.78, 5) is 14.3. The van der Waals surface area contributed by atoms with E-state index in [0.717, 1.165) is 44.3 Å². The molecule has 19 heavy (non-hydrogen) atoms. The quantitative estimate of drug-likeness (QED) is 0.886. The molecule has 1 N–H and O–H groups in total. The minimum Gasteiger partial charge on any atom is -0.389 e. The van der Waals surface area contributed by atoms with Gasteiger partial charge in [-0.2, -0.15) is 0 Å². The fraction of sp³-hybridized carbons (Fsp3) is 0.562. The summed E-state index contributed by atoms with van der Waals surface area (Å²) in [5.41, 5.74) is 2.84. The predicted octanol–water partition coefficient (Wildman–Crippen LogP) is 2.58. The molecule has 1 aliphatic heterocycles. The fourth-order valence-corrected chi connectivity index (χ4v) is 3.45. The van der Waals surface area contributed by atoms with Gasteiger partial charge in [0, 0.05) is 12.2 Å². The van der Waals surface area contributed by atoms with Crippen LogP contribution in [0.2, 0.25) is 0 Å². The van der Waals surface area contributed by atoms with Crippen LogP contribution >= 0.6 is 0 Å². The van der Waals surface area contributed by atoms with E-state index >= 15 is 0 Å². The first-order valence-corrected chi connectivity index (χ1v) is 7.20. The van der Waals surface area contributed by atoms with Gasteiger partial charge in [0.25, 0.3) is 0 Å². The average molecular weight is 259 g/mol. The van der Waals surface area contributed by atoms with Crippen LogP contribution in [-0.4, -0.2) is 23.2 Å². The van der Waals surface area contributed by atoms with Crippen LogP contribution in [0.1, 0.15) is 43.2 Å². The molecule has 1 heterocycles. The van der Waals surface area contributed by atoms with E-state index in [9.17, 15) is 9.90 Å². The number of nitrogens with zero attached hydrogens (tertiary/aromatic N) is 1. The summed E-state index contributed by atoms with van der Waals surface area (Å²) in [6.07, 6.45) is 4.84. The third-order valence-corrected chi connectivity index (χ3v) is 4.58. The predicted molar refractivity (Wildman–Crippen MR) is 75.3 cm³/mol. The first-order valence-electron chi connectivity index (χ1n) is 7.20. The van der Waals surface area contributed by atoms with Crippen molar-refractivity contribution in [2.45, 2.75) is 51.0 Å². The molecule has 0 aromatic heterocycles. The minimum absolute atomic E-state index is 0.0775. The second-order valence-electron chi connectivity index (χ2n) is 5.98. The maximum Gasteiger partial charge on any atom is 0.229 e. The van der Waals surface area contributed by atoms with Crippen molar-refractivity contribution in [2.24, 2.45) is 0 Å². The smallest absolute Gasteiger partial charge is 0.229 e. The zero-order chi connectivity index (χ0) is 13.5. The van der Waals surface area contributed by atoms with E-state index in [-0.39, 0.29) is 12.3 Å². The lowest BCUT2D eigenvalue weighted by atomic mass is 9.97. The highest BCUT2D eigenvalue weighted by molar-refractivity contribution is 5.96. The monoisotopic (exact) mass is 259 g/mol. The Morgan fingerprint density at radius 1 is 1.37 bits per heavy atom. The number of aliphatic hydroxyl groups is 1. The first-order chi connectivity index (χ1) is 9.09. The summed E-state index contributed by atoms with van der Waals surface area (Å²) in [5.74, 6) is 0.0775. The van der Waals surface area contributed by atoms with Gasteiger partial charge in [0.15, 0.2) is 0 Å². The van der Waals surface area contributed by atoms with Crippen molar-refractivity contribution in [2.75, 3.05) is 11.4 Å². The Labute approximate surface area is 114 Å². The normalized spacial score (nSPS) is 20.6. The van der Waals surface area contributed by atoms with Crippen molar-refractivity contribution in [3.8, 4) is 0 Å². The van der Waals surface area contributed by atoms with E-state index in [0.29, 0.717) is 0 Å². The number of anilines is 1. The van der Waals surface area contributed by atoms with Gasteiger partial charge in [0.2, 0.25) is 5.91 Å². The number of carbonyl (C=O) groups is 1. The molecule has 0 spiro atoms. The summed E-state index contributed by atoms with van der Waals surface area (Å²) < 4.78 is 0. The lowest BCUT2D eigenvalue weighted by Gasteiger charge is -2.25. The summed E-state index contributed by atoms with van der Waals surface area (Å²) in [7, 11) is 0. The standard InChI is InChI=1S/C16H21NO2/c1-12-5-4-6-14-13(12)7-10-17(14)15(18)11-16(19)8-2-3-9-16/h4-6,19H,2-3,7-11H2,1H3. The van der Waals surface area contributed by atoms with Crippen LogP contribution in [0.15, 0.2) is 18.2 Å². The van der Waals surface area contributed by atoms with Gasteiger partial charge in [-0.05, 0) is 43.4 Å². The molecule has 3 rings (SSSR count). The minimum atomic E-state index is -0.746. The van der Waals surface area contributed by atoms with Crippen LogP contribution in [0.5, 0.6) is 0 Å². The zero-order valence-corrected chi connectivity index (χ0v) is 11.5. The van der Waals surface area contributed by atoms with Crippen LogP contribution in [0, 0.1) is 6.92 Å². The van der Waals surface area contributed by atoms with Crippen LogP contribution in [-0.2, 0) is 11.2 Å². The van der Waals surface area contributed by atoms with Crippen LogP contribution in [0.4, 0.5) is 5.69 Å². The number of hydrogen-bond acceptors (Lipinski definition) is 2. The topological polar surface area (TPSA) is 40.5 Å². The van der Waals surface area contributed by atoms with E-state index in [2.05, 4.69) is 13.0 Å². The molecule has 1 amide bonds. The summed E-state index contributed by atoms with van der Waals surface area (Å²) in [6.45, 7) is 2.85. The molecule has 0 saturated heterocycles. The van der Waals surface area contributed by atoms with Gasteiger partial charge in [-0.15, -0.1) is 0 Å². The van der Waals surface area contributed by atoms with Gasteiger partial charge in [-0.3, -0.25) is 4.79 Å². The molecule has 1 saturated carbocycles. The molecule has 1 fully saturated rings. The number of aryl methyl sites for hydroxylation is 1. The van der Waals surface area contributed by atoms with Crippen molar-refractivity contribution in [1.29, 1.82) is 0 Å². The van der Waals surface area contributed by atoms with Gasteiger partial charge < -0.3 is 10.0 Å². The Bertz CT molecular complexity index is 503. The van der Waals surface area contributed by atoms with Gasteiger partial charge in [-0.1, -0.05) is 25.0 Å². The molecule has 0 radical (unpaired) electrons. The molecular formula is C16H21NO2. The summed E-state index contributed by atoms with van der Waals surface area (Å²) in [5, 5.41) is 10.4. The molecule has 1 aliphatic carbocycles. The SMILES string of the molecule is Cc1cccc2c1CCN2C(=O)CC1(O)CCCC1. The fourth-order valence-electron chi connectivity index (χ4n) is 3.45. The Morgan fingerprint density at radius 3 is 2.84 bits per heavy atom. The highest BCUT2D eigenvalue weighted by Gasteiger charge is 2.36. The third kappa shape index (κ3) is 2.27. The van der Waals surface area contributed by atoms with Crippen molar-refractivity contribution in [3.05, 3.63) is 29.3 Å². The van der Waals surface area contributed by atoms with Crippen LogP contribution in [0.3, 0.4) is 0 Å². The Kier molecular flexibility index (Phi) is 3.09. The van der Waals surface area contributed by atoms with E-state index in [4.69, 9.17) is 0 Å². The van der Waals surface area contributed by atoms with E-state index in [1.807, 2.05) is 17.0 Å². The molecule has 3 nitrogen and oxygen atoms in total. The zero-order valence-electron chi connectivity index (χ0n) is 11.5.